The number of esters is 6. The van der Waals surface area contributed by atoms with Gasteiger partial charge in [0.05, 0.1) is 22.3 Å². The van der Waals surface area contributed by atoms with Gasteiger partial charge in [0.1, 0.15) is 0 Å². The van der Waals surface area contributed by atoms with Crippen LogP contribution in [0.4, 0.5) is 0 Å². The highest BCUT2D eigenvalue weighted by Crippen LogP contribution is 2.21. The Hall–Kier alpha value is -7.28. The second-order valence-electron chi connectivity index (χ2n) is 15.8. The molecule has 4 unspecified atom stereocenters. The first-order valence-corrected chi connectivity index (χ1v) is 21.1. The van der Waals surface area contributed by atoms with Crippen LogP contribution in [0.5, 0.6) is 0 Å². The number of hydrogen-bond donors (Lipinski definition) is 5. The van der Waals surface area contributed by atoms with E-state index < -0.39 is 72.1 Å². The number of carbonyl (C=O) groups excluding carboxylic acids is 7. The summed E-state index contributed by atoms with van der Waals surface area (Å²) < 4.78 is 25.1. The summed E-state index contributed by atoms with van der Waals surface area (Å²) in [5, 5.41) is 18.6. The van der Waals surface area contributed by atoms with E-state index in [0.717, 1.165) is 41.8 Å². The largest absolute Gasteiger partial charge is 0.478 e. The maximum absolute atomic E-state index is 13.0. The molecule has 3 saturated heterocycles. The van der Waals surface area contributed by atoms with E-state index in [0.29, 0.717) is 25.6 Å². The Labute approximate surface area is 380 Å². The smallest absolute Gasteiger partial charge is 0.359 e. The molecule has 4 aromatic rings. The molecule has 0 aromatic heterocycles. The predicted octanol–water partition coefficient (Wildman–Crippen LogP) is 3.06. The molecule has 0 radical (unpaired) electrons. The number of amides is 1. The second-order valence-corrected chi connectivity index (χ2v) is 15.8. The number of aryl methyl sites for hydroxylation is 4. The van der Waals surface area contributed by atoms with Gasteiger partial charge in [0.2, 0.25) is 24.4 Å². The zero-order valence-corrected chi connectivity index (χ0v) is 36.8. The summed E-state index contributed by atoms with van der Waals surface area (Å²) in [4.78, 5) is 98.4. The van der Waals surface area contributed by atoms with Gasteiger partial charge in [-0.2, -0.15) is 0 Å². The SMILES string of the molecule is Cc1ccc(C(=O)OC(C(=O)O)C(OC(=O)c2ccc(C)cc2)C(=O)N[C@H]2CCNC2)cc1.Cc1ccc(C(=O)OC2C(=O)OC(=O)C2OC(=O)c2ccc(C)cc2)cc1.N[C@H]1CCNC1. The summed E-state index contributed by atoms with van der Waals surface area (Å²) in [6, 6.07) is 25.7. The number of carboxylic acids is 1. The first-order chi connectivity index (χ1) is 31.5. The topological polar surface area (TPSA) is 265 Å². The fraction of sp³-hybridized carbons (Fsp3) is 0.333. The van der Waals surface area contributed by atoms with Crippen LogP contribution >= 0.6 is 0 Å². The second kappa shape index (κ2) is 23.6. The number of aliphatic carboxylic acids is 1. The number of nitrogens with two attached hydrogens (primary N) is 1. The Kier molecular flexibility index (Phi) is 17.8. The minimum atomic E-state index is -2.04. The molecule has 3 aliphatic rings. The number of rotatable bonds is 12. The van der Waals surface area contributed by atoms with Crippen LogP contribution in [0.1, 0.15) is 76.5 Å². The van der Waals surface area contributed by atoms with Crippen molar-refractivity contribution < 1.29 is 67.1 Å². The summed E-state index contributed by atoms with van der Waals surface area (Å²) in [6.45, 7) is 10.7. The molecule has 18 heteroatoms. The molecule has 0 aliphatic carbocycles. The number of nitrogens with one attached hydrogen (secondary N) is 3. The highest BCUT2D eigenvalue weighted by atomic mass is 16.7. The molecule has 0 spiro atoms. The van der Waals surface area contributed by atoms with Gasteiger partial charge >= 0.3 is 41.8 Å². The van der Waals surface area contributed by atoms with Crippen molar-refractivity contribution >= 4 is 47.7 Å². The lowest BCUT2D eigenvalue weighted by Crippen LogP contribution is -2.52. The van der Waals surface area contributed by atoms with Crippen LogP contribution in [0.3, 0.4) is 0 Å². The van der Waals surface area contributed by atoms with E-state index in [1.54, 1.807) is 48.5 Å². The average molecular weight is 909 g/mol. The molecule has 6 N–H and O–H groups in total. The van der Waals surface area contributed by atoms with Crippen molar-refractivity contribution in [1.82, 2.24) is 16.0 Å². The normalized spacial score (nSPS) is 19.3. The van der Waals surface area contributed by atoms with Crippen LogP contribution < -0.4 is 21.7 Å². The molecule has 348 valence electrons. The minimum absolute atomic E-state index is 0.107. The molecule has 3 heterocycles. The van der Waals surface area contributed by atoms with Gasteiger partial charge in [0.25, 0.3) is 5.91 Å². The molecule has 3 fully saturated rings. The lowest BCUT2D eigenvalue weighted by Gasteiger charge is -2.25. The monoisotopic (exact) mass is 908 g/mol. The molecule has 1 amide bonds. The Morgan fingerprint density at radius 3 is 1.26 bits per heavy atom. The first kappa shape index (κ1) is 49.7. The molecule has 66 heavy (non-hydrogen) atoms. The summed E-state index contributed by atoms with van der Waals surface area (Å²) in [5.41, 5.74) is 9.78. The number of cyclic esters (lactones) is 2. The van der Waals surface area contributed by atoms with Gasteiger partial charge in [-0.15, -0.1) is 0 Å². The van der Waals surface area contributed by atoms with Crippen molar-refractivity contribution in [2.24, 2.45) is 5.73 Å². The lowest BCUT2D eigenvalue weighted by molar-refractivity contribution is -0.159. The van der Waals surface area contributed by atoms with Gasteiger partial charge < -0.3 is 50.5 Å². The van der Waals surface area contributed by atoms with Crippen molar-refractivity contribution in [3.05, 3.63) is 142 Å². The van der Waals surface area contributed by atoms with E-state index in [9.17, 15) is 43.5 Å². The molecule has 6 atom stereocenters. The summed E-state index contributed by atoms with van der Waals surface area (Å²) >= 11 is 0. The third-order valence-electron chi connectivity index (χ3n) is 10.3. The number of carboxylic acid groups (broad SMARTS) is 1. The van der Waals surface area contributed by atoms with Crippen molar-refractivity contribution in [2.75, 3.05) is 26.2 Å². The van der Waals surface area contributed by atoms with Crippen molar-refractivity contribution in [1.29, 1.82) is 0 Å². The van der Waals surface area contributed by atoms with E-state index in [1.807, 2.05) is 27.7 Å². The van der Waals surface area contributed by atoms with Crippen LogP contribution in [0, 0.1) is 27.7 Å². The van der Waals surface area contributed by atoms with E-state index >= 15 is 0 Å². The van der Waals surface area contributed by atoms with Crippen LogP contribution in [-0.2, 0) is 42.9 Å². The van der Waals surface area contributed by atoms with E-state index in [2.05, 4.69) is 20.7 Å². The maximum Gasteiger partial charge on any atom is 0.359 e. The quantitative estimate of drug-likeness (QED) is 0.0777. The van der Waals surface area contributed by atoms with E-state index in [1.165, 1.54) is 48.5 Å². The van der Waals surface area contributed by atoms with Crippen molar-refractivity contribution in [3.8, 4) is 0 Å². The molecule has 18 nitrogen and oxygen atoms in total. The van der Waals surface area contributed by atoms with Crippen LogP contribution in [0.15, 0.2) is 97.1 Å². The van der Waals surface area contributed by atoms with Crippen molar-refractivity contribution in [2.45, 2.75) is 77.0 Å². The van der Waals surface area contributed by atoms with Gasteiger partial charge in [0, 0.05) is 25.2 Å². The number of hydrogen-bond acceptors (Lipinski definition) is 16. The third-order valence-corrected chi connectivity index (χ3v) is 10.3. The summed E-state index contributed by atoms with van der Waals surface area (Å²) in [5.74, 6) is -8.15. The molecular weight excluding hydrogens is 857 g/mol. The molecule has 4 aromatic carbocycles. The highest BCUT2D eigenvalue weighted by molar-refractivity contribution is 6.03. The minimum Gasteiger partial charge on any atom is -0.478 e. The van der Waals surface area contributed by atoms with E-state index in [4.69, 9.17) is 24.7 Å². The van der Waals surface area contributed by atoms with Gasteiger partial charge in [-0.05, 0) is 102 Å². The van der Waals surface area contributed by atoms with Gasteiger partial charge in [-0.1, -0.05) is 70.8 Å². The molecule has 3 aliphatic heterocycles. The van der Waals surface area contributed by atoms with Crippen LogP contribution in [0.25, 0.3) is 0 Å². The molecule has 7 rings (SSSR count). The lowest BCUT2D eigenvalue weighted by atomic mass is 10.1. The fourth-order valence-electron chi connectivity index (χ4n) is 6.41. The average Bonchev–Trinajstić information content (AvgIpc) is 4.06. The third kappa shape index (κ3) is 14.4. The van der Waals surface area contributed by atoms with Crippen molar-refractivity contribution in [3.63, 3.8) is 0 Å². The van der Waals surface area contributed by atoms with E-state index in [-0.39, 0.29) is 28.3 Å². The summed E-state index contributed by atoms with van der Waals surface area (Å²) in [7, 11) is 0. The number of ether oxygens (including phenoxy) is 5. The highest BCUT2D eigenvalue weighted by Gasteiger charge is 2.50. The predicted molar refractivity (Wildman–Crippen MR) is 235 cm³/mol. The maximum atomic E-state index is 13.0. The summed E-state index contributed by atoms with van der Waals surface area (Å²) in [6.07, 6.45) is -5.44. The van der Waals surface area contributed by atoms with Gasteiger partial charge in [-0.25, -0.2) is 33.6 Å². The van der Waals surface area contributed by atoms with Crippen LogP contribution in [-0.4, -0.2) is 115 Å². The Balaban J connectivity index is 0.000000222. The zero-order chi connectivity index (χ0) is 47.9. The Morgan fingerprint density at radius 2 is 0.939 bits per heavy atom. The van der Waals surface area contributed by atoms with Crippen LogP contribution in [0.2, 0.25) is 0 Å². The first-order valence-electron chi connectivity index (χ1n) is 21.1. The fourth-order valence-corrected chi connectivity index (χ4v) is 6.41. The number of carbonyl (C=O) groups is 8. The molecular formula is C48H52N4O14. The zero-order valence-electron chi connectivity index (χ0n) is 36.8. The molecule has 0 bridgehead atoms. The standard InChI is InChI=1S/C24H26N2O7.C20H16O7.C4H10N2/c1-14-3-7-16(8-4-14)23(30)32-19(21(27)26-18-11-12-25-13-18)20(22(28)29)33-24(31)17-9-5-15(2)6-10-17;1-11-3-7-13(8-4-11)17(21)25-15-16(20(24)27-19(15)23)26-18(22)14-9-5-12(2)6-10-14;5-4-1-2-6-3-4/h3-10,18-20,25H,11-13H2,1-2H3,(H,26,27)(H,28,29);3-10,15-16H,1-2H3;4,6H,1-3,5H2/t18-,19?,20?;;4-/m0.0/s1. The van der Waals surface area contributed by atoms with Gasteiger partial charge in [0.15, 0.2) is 0 Å². The molecule has 0 saturated carbocycles. The van der Waals surface area contributed by atoms with Gasteiger partial charge in [-0.3, -0.25) is 4.79 Å². The Bertz CT molecular complexity index is 2280. The Morgan fingerprint density at radius 1 is 0.576 bits per heavy atom. The number of benzene rings is 4.